The summed E-state index contributed by atoms with van der Waals surface area (Å²) in [6.07, 6.45) is 5.02. The highest BCUT2D eigenvalue weighted by Crippen LogP contribution is 2.17. The molecule has 0 amide bonds. The second-order valence-corrected chi connectivity index (χ2v) is 5.75. The number of hydrogen-bond acceptors (Lipinski definition) is 3. The lowest BCUT2D eigenvalue weighted by atomic mass is 10.0. The van der Waals surface area contributed by atoms with E-state index in [0.29, 0.717) is 0 Å². The van der Waals surface area contributed by atoms with Gasteiger partial charge in [-0.1, -0.05) is 6.92 Å². The summed E-state index contributed by atoms with van der Waals surface area (Å²) >= 11 is 0. The van der Waals surface area contributed by atoms with Gasteiger partial charge in [-0.2, -0.15) is 0 Å². The van der Waals surface area contributed by atoms with Crippen LogP contribution in [0.3, 0.4) is 0 Å². The molecule has 1 unspecified atom stereocenters. The fourth-order valence-corrected chi connectivity index (χ4v) is 2.42. The van der Waals surface area contributed by atoms with Crippen molar-refractivity contribution < 1.29 is 4.74 Å². The van der Waals surface area contributed by atoms with Crippen LogP contribution in [0.15, 0.2) is 0 Å². The number of hydrogen-bond donors (Lipinski definition) is 1. The molecule has 3 nitrogen and oxygen atoms in total. The summed E-state index contributed by atoms with van der Waals surface area (Å²) in [7, 11) is 1.81. The Morgan fingerprint density at radius 2 is 2.12 bits per heavy atom. The van der Waals surface area contributed by atoms with Crippen molar-refractivity contribution in [3.05, 3.63) is 0 Å². The molecule has 1 aliphatic rings. The van der Waals surface area contributed by atoms with Gasteiger partial charge >= 0.3 is 0 Å². The van der Waals surface area contributed by atoms with Gasteiger partial charge in [0.1, 0.15) is 0 Å². The Morgan fingerprint density at radius 3 is 2.65 bits per heavy atom. The van der Waals surface area contributed by atoms with Crippen LogP contribution in [0.4, 0.5) is 0 Å². The van der Waals surface area contributed by atoms with E-state index in [1.54, 1.807) is 0 Å². The molecular weight excluding hydrogens is 212 g/mol. The molecule has 0 aromatic rings. The Bertz CT molecular complexity index is 200. The minimum atomic E-state index is 0.00802. The molecule has 1 rings (SSSR count). The maximum atomic E-state index is 5.51. The quantitative estimate of drug-likeness (QED) is 0.741. The lowest BCUT2D eigenvalue weighted by Gasteiger charge is -2.36. The molecule has 17 heavy (non-hydrogen) atoms. The van der Waals surface area contributed by atoms with Crippen LogP contribution in [0, 0.1) is 0 Å². The number of nitrogens with one attached hydrogen (secondary N) is 1. The Hall–Kier alpha value is -0.120. The number of ether oxygens (including phenoxy) is 1. The van der Waals surface area contributed by atoms with Crippen LogP contribution >= 0.6 is 0 Å². The van der Waals surface area contributed by atoms with Crippen LogP contribution < -0.4 is 5.32 Å². The zero-order chi connectivity index (χ0) is 12.7. The van der Waals surface area contributed by atoms with Gasteiger partial charge in [0.15, 0.2) is 0 Å². The third-order valence-electron chi connectivity index (χ3n) is 3.85. The van der Waals surface area contributed by atoms with Crippen LogP contribution in [-0.4, -0.2) is 49.8 Å². The van der Waals surface area contributed by atoms with Crippen LogP contribution in [-0.2, 0) is 4.74 Å². The minimum absolute atomic E-state index is 0.00802. The lowest BCUT2D eigenvalue weighted by molar-refractivity contribution is 0.00273. The topological polar surface area (TPSA) is 24.5 Å². The lowest BCUT2D eigenvalue weighted by Crippen LogP contribution is -2.47. The molecule has 0 aromatic heterocycles. The van der Waals surface area contributed by atoms with Crippen molar-refractivity contribution in [3.8, 4) is 0 Å². The van der Waals surface area contributed by atoms with Gasteiger partial charge in [0.05, 0.1) is 5.60 Å². The number of methoxy groups -OCH3 is 1. The van der Waals surface area contributed by atoms with Crippen LogP contribution in [0.2, 0.25) is 0 Å². The minimum Gasteiger partial charge on any atom is -0.379 e. The van der Waals surface area contributed by atoms with Crippen LogP contribution in [0.25, 0.3) is 0 Å². The molecule has 1 N–H and O–H groups in total. The van der Waals surface area contributed by atoms with Crippen LogP contribution in [0.5, 0.6) is 0 Å². The summed E-state index contributed by atoms with van der Waals surface area (Å²) in [5.41, 5.74) is 0.00802. The van der Waals surface area contributed by atoms with E-state index in [0.717, 1.165) is 25.6 Å². The Labute approximate surface area is 107 Å². The third kappa shape index (κ3) is 5.36. The molecule has 1 heterocycles. The molecule has 0 aromatic carbocycles. The summed E-state index contributed by atoms with van der Waals surface area (Å²) in [4.78, 5) is 2.65. The third-order valence-corrected chi connectivity index (χ3v) is 3.85. The zero-order valence-corrected chi connectivity index (χ0v) is 12.1. The van der Waals surface area contributed by atoms with Gasteiger partial charge in [0.2, 0.25) is 0 Å². The Morgan fingerprint density at radius 1 is 1.35 bits per heavy atom. The van der Waals surface area contributed by atoms with E-state index in [2.05, 4.69) is 31.0 Å². The summed E-state index contributed by atoms with van der Waals surface area (Å²) in [5, 5.41) is 3.51. The van der Waals surface area contributed by atoms with Crippen molar-refractivity contribution in [2.24, 2.45) is 0 Å². The maximum absolute atomic E-state index is 5.51. The molecule has 102 valence electrons. The summed E-state index contributed by atoms with van der Waals surface area (Å²) < 4.78 is 5.51. The van der Waals surface area contributed by atoms with E-state index >= 15 is 0 Å². The molecule has 0 aliphatic carbocycles. The fraction of sp³-hybridized carbons (Fsp3) is 1.00. The molecule has 0 bridgehead atoms. The van der Waals surface area contributed by atoms with Crippen molar-refractivity contribution in [1.29, 1.82) is 0 Å². The van der Waals surface area contributed by atoms with Crippen LogP contribution in [0.1, 0.15) is 46.5 Å². The average molecular weight is 242 g/mol. The molecule has 0 saturated carbocycles. The standard InChI is InChI=1S/C14H30N2O/c1-5-10-16(11-8-14(2,3)17-4)13-7-6-9-15-12-13/h13,15H,5-12H2,1-4H3. The predicted molar refractivity (Wildman–Crippen MR) is 73.5 cm³/mol. The van der Waals surface area contributed by atoms with E-state index in [1.165, 1.54) is 32.4 Å². The van der Waals surface area contributed by atoms with E-state index in [-0.39, 0.29) is 5.60 Å². The molecule has 0 spiro atoms. The smallest absolute Gasteiger partial charge is 0.0634 e. The summed E-state index contributed by atoms with van der Waals surface area (Å²) in [6.45, 7) is 11.3. The van der Waals surface area contributed by atoms with E-state index in [4.69, 9.17) is 4.74 Å². The van der Waals surface area contributed by atoms with Crippen molar-refractivity contribution in [1.82, 2.24) is 10.2 Å². The van der Waals surface area contributed by atoms with Crippen molar-refractivity contribution >= 4 is 0 Å². The highest BCUT2D eigenvalue weighted by molar-refractivity contribution is 4.80. The summed E-state index contributed by atoms with van der Waals surface area (Å²) in [5.74, 6) is 0. The maximum Gasteiger partial charge on any atom is 0.0634 e. The van der Waals surface area contributed by atoms with Gasteiger partial charge in [-0.15, -0.1) is 0 Å². The van der Waals surface area contributed by atoms with E-state index in [1.807, 2.05) is 7.11 Å². The SMILES string of the molecule is CCCN(CCC(C)(C)OC)C1CCCNC1. The highest BCUT2D eigenvalue weighted by Gasteiger charge is 2.23. The fourth-order valence-electron chi connectivity index (χ4n) is 2.42. The monoisotopic (exact) mass is 242 g/mol. The van der Waals surface area contributed by atoms with Crippen molar-refractivity contribution in [3.63, 3.8) is 0 Å². The van der Waals surface area contributed by atoms with Gasteiger partial charge in [-0.25, -0.2) is 0 Å². The molecule has 1 saturated heterocycles. The molecule has 1 fully saturated rings. The normalized spacial score (nSPS) is 22.1. The van der Waals surface area contributed by atoms with Gasteiger partial charge in [0.25, 0.3) is 0 Å². The first-order chi connectivity index (χ1) is 8.09. The Balaban J connectivity index is 2.41. The second-order valence-electron chi connectivity index (χ2n) is 5.75. The largest absolute Gasteiger partial charge is 0.379 e. The average Bonchev–Trinajstić information content (AvgIpc) is 2.35. The highest BCUT2D eigenvalue weighted by atomic mass is 16.5. The van der Waals surface area contributed by atoms with Gasteiger partial charge in [0, 0.05) is 26.2 Å². The van der Waals surface area contributed by atoms with E-state index < -0.39 is 0 Å². The number of rotatable bonds is 7. The van der Waals surface area contributed by atoms with E-state index in [9.17, 15) is 0 Å². The molecule has 1 atom stereocenters. The number of nitrogens with zero attached hydrogens (tertiary/aromatic N) is 1. The molecule has 0 radical (unpaired) electrons. The van der Waals surface area contributed by atoms with Gasteiger partial charge in [-0.3, -0.25) is 4.90 Å². The predicted octanol–water partition coefficient (Wildman–Crippen LogP) is 2.27. The first kappa shape index (κ1) is 14.9. The van der Waals surface area contributed by atoms with Gasteiger partial charge in [-0.05, 0) is 52.6 Å². The molecule has 3 heteroatoms. The Kier molecular flexibility index (Phi) is 6.45. The van der Waals surface area contributed by atoms with Crippen molar-refractivity contribution in [2.45, 2.75) is 58.1 Å². The zero-order valence-electron chi connectivity index (χ0n) is 12.1. The molecular formula is C14H30N2O. The summed E-state index contributed by atoms with van der Waals surface area (Å²) in [6, 6.07) is 0.733. The molecule has 1 aliphatic heterocycles. The first-order valence-corrected chi connectivity index (χ1v) is 7.09. The van der Waals surface area contributed by atoms with Gasteiger partial charge < -0.3 is 10.1 Å². The van der Waals surface area contributed by atoms with Crippen molar-refractivity contribution in [2.75, 3.05) is 33.3 Å². The first-order valence-electron chi connectivity index (χ1n) is 7.09. The number of piperidine rings is 1. The second kappa shape index (κ2) is 7.34.